The number of carbonyl (C=O) groups is 3. The number of β-lactam (4-membered cyclic amide) rings is 1. The number of nitrogens with one attached hydrogen (secondary N) is 1. The van der Waals surface area contributed by atoms with Crippen LogP contribution in [0.25, 0.3) is 0 Å². The molecule has 25 heavy (non-hydrogen) atoms. The van der Waals surface area contributed by atoms with Crippen molar-refractivity contribution in [3.63, 3.8) is 0 Å². The Kier molecular flexibility index (Phi) is 5.27. The van der Waals surface area contributed by atoms with E-state index in [2.05, 4.69) is 15.2 Å². The summed E-state index contributed by atoms with van der Waals surface area (Å²) in [6.07, 6.45) is 0. The number of thioether (sulfide) groups is 3. The fraction of sp³-hybridized carbons (Fsp3) is 0.417. The average Bonchev–Trinajstić information content (AvgIpc) is 3.04. The average molecular weight is 403 g/mol. The van der Waals surface area contributed by atoms with Crippen LogP contribution >= 0.6 is 35.3 Å². The van der Waals surface area contributed by atoms with Gasteiger partial charge in [0.1, 0.15) is 17.1 Å². The summed E-state index contributed by atoms with van der Waals surface area (Å²) in [4.78, 5) is 39.3. The van der Waals surface area contributed by atoms with Gasteiger partial charge in [-0.3, -0.25) is 19.6 Å². The van der Waals surface area contributed by atoms with E-state index in [1.807, 2.05) is 0 Å². The van der Waals surface area contributed by atoms with Gasteiger partial charge in [0.15, 0.2) is 5.16 Å². The van der Waals surface area contributed by atoms with Crippen LogP contribution in [-0.4, -0.2) is 76.8 Å². The molecule has 134 valence electrons. The lowest BCUT2D eigenvalue weighted by Crippen LogP contribution is -2.68. The van der Waals surface area contributed by atoms with E-state index in [4.69, 9.17) is 10.8 Å². The summed E-state index contributed by atoms with van der Waals surface area (Å²) in [5.74, 6) is -1.87. The van der Waals surface area contributed by atoms with E-state index in [0.29, 0.717) is 27.4 Å². The Morgan fingerprint density at radius 3 is 2.84 bits per heavy atom. The number of nitrogens with two attached hydrogens (primary N) is 1. The molecular formula is C12H13N5O5S3. The maximum absolute atomic E-state index is 11.9. The highest BCUT2D eigenvalue weighted by atomic mass is 32.2. The quantitative estimate of drug-likeness (QED) is 0.348. The molecule has 1 saturated heterocycles. The van der Waals surface area contributed by atoms with Gasteiger partial charge < -0.3 is 15.9 Å². The van der Waals surface area contributed by atoms with Crippen LogP contribution in [-0.2, 0) is 14.4 Å². The summed E-state index contributed by atoms with van der Waals surface area (Å²) >= 11 is 3.66. The molecule has 2 atom stereocenters. The highest BCUT2D eigenvalue weighted by Gasteiger charge is 2.51. The van der Waals surface area contributed by atoms with Crippen LogP contribution in [0.5, 0.6) is 0 Å². The van der Waals surface area contributed by atoms with E-state index in [9.17, 15) is 19.5 Å². The van der Waals surface area contributed by atoms with Gasteiger partial charge in [0.25, 0.3) is 0 Å². The second-order valence-corrected chi connectivity index (χ2v) is 8.10. The predicted molar refractivity (Wildman–Crippen MR) is 91.2 cm³/mol. The van der Waals surface area contributed by atoms with Gasteiger partial charge in [0.2, 0.25) is 11.1 Å². The molecule has 0 aromatic carbocycles. The molecule has 2 aliphatic rings. The first-order valence-electron chi connectivity index (χ1n) is 6.94. The van der Waals surface area contributed by atoms with Gasteiger partial charge in [-0.05, 0) is 5.57 Å². The first kappa shape index (κ1) is 18.1. The molecule has 1 aromatic heterocycles. The highest BCUT2D eigenvalue weighted by Crippen LogP contribution is 2.40. The molecule has 0 bridgehead atoms. The number of fused-ring (bicyclic) bond motifs is 1. The van der Waals surface area contributed by atoms with E-state index in [0.717, 1.165) is 11.8 Å². The molecule has 1 unspecified atom stereocenters. The molecule has 1 amide bonds. The van der Waals surface area contributed by atoms with Gasteiger partial charge >= 0.3 is 11.9 Å². The molecule has 2 aliphatic heterocycles. The third kappa shape index (κ3) is 3.63. The summed E-state index contributed by atoms with van der Waals surface area (Å²) in [5.41, 5.74) is 6.29. The molecular weight excluding hydrogens is 390 g/mol. The van der Waals surface area contributed by atoms with Gasteiger partial charge in [0.05, 0.1) is 5.75 Å². The zero-order chi connectivity index (χ0) is 18.1. The summed E-state index contributed by atoms with van der Waals surface area (Å²) in [6.45, 7) is 0. The number of amides is 1. The lowest BCUT2D eigenvalue weighted by molar-refractivity contribution is -0.147. The van der Waals surface area contributed by atoms with Crippen LogP contribution in [0.4, 0.5) is 0 Å². The molecule has 1 fully saturated rings. The number of carboxylic acid groups (broad SMARTS) is 2. The van der Waals surface area contributed by atoms with Crippen molar-refractivity contribution in [3.05, 3.63) is 11.3 Å². The lowest BCUT2D eigenvalue weighted by Gasteiger charge is -2.48. The predicted octanol–water partition coefficient (Wildman–Crippen LogP) is -0.345. The Bertz CT molecular complexity index is 766. The highest BCUT2D eigenvalue weighted by molar-refractivity contribution is 8.01. The number of hydrogen-bond acceptors (Lipinski definition) is 9. The molecule has 1 aromatic rings. The Morgan fingerprint density at radius 1 is 1.40 bits per heavy atom. The molecule has 10 nitrogen and oxygen atoms in total. The maximum atomic E-state index is 11.9. The Labute approximate surface area is 154 Å². The smallest absolute Gasteiger partial charge is 0.352 e. The number of H-pyrrole nitrogens is 1. The second-order valence-electron chi connectivity index (χ2n) is 5.09. The van der Waals surface area contributed by atoms with Crippen molar-refractivity contribution in [1.82, 2.24) is 20.1 Å². The minimum atomic E-state index is -1.16. The zero-order valence-corrected chi connectivity index (χ0v) is 15.0. The number of rotatable bonds is 7. The fourth-order valence-electron chi connectivity index (χ4n) is 2.33. The molecule has 0 aliphatic carbocycles. The lowest BCUT2D eigenvalue weighted by atomic mass is 10.0. The van der Waals surface area contributed by atoms with Gasteiger partial charge in [0, 0.05) is 11.5 Å². The number of carbonyl (C=O) groups excluding carboxylic acids is 1. The minimum absolute atomic E-state index is 0.0149. The van der Waals surface area contributed by atoms with Crippen molar-refractivity contribution in [2.75, 3.05) is 17.3 Å². The van der Waals surface area contributed by atoms with E-state index >= 15 is 0 Å². The van der Waals surface area contributed by atoms with Crippen molar-refractivity contribution in [1.29, 1.82) is 0 Å². The van der Waals surface area contributed by atoms with Gasteiger partial charge in [-0.15, -0.1) is 16.9 Å². The van der Waals surface area contributed by atoms with Crippen LogP contribution in [0.3, 0.4) is 0 Å². The van der Waals surface area contributed by atoms with E-state index in [1.54, 1.807) is 0 Å². The maximum Gasteiger partial charge on any atom is 0.352 e. The van der Waals surface area contributed by atoms with Crippen LogP contribution < -0.4 is 5.73 Å². The van der Waals surface area contributed by atoms with Crippen molar-refractivity contribution < 1.29 is 24.6 Å². The van der Waals surface area contributed by atoms with Crippen LogP contribution in [0.1, 0.15) is 0 Å². The Balaban J connectivity index is 1.68. The van der Waals surface area contributed by atoms with E-state index in [1.165, 1.54) is 28.4 Å². The van der Waals surface area contributed by atoms with E-state index < -0.39 is 18.0 Å². The largest absolute Gasteiger partial charge is 0.481 e. The van der Waals surface area contributed by atoms with Gasteiger partial charge in [-0.25, -0.2) is 4.79 Å². The fourth-order valence-corrected chi connectivity index (χ4v) is 5.14. The summed E-state index contributed by atoms with van der Waals surface area (Å²) in [7, 11) is 0. The topological polar surface area (TPSA) is 162 Å². The number of carboxylic acids is 2. The third-order valence-electron chi connectivity index (χ3n) is 3.44. The molecule has 3 heterocycles. The number of aromatic amines is 1. The van der Waals surface area contributed by atoms with Crippen molar-refractivity contribution >= 4 is 53.1 Å². The number of aliphatic carboxylic acids is 2. The van der Waals surface area contributed by atoms with Gasteiger partial charge in [-0.1, -0.05) is 23.5 Å². The van der Waals surface area contributed by atoms with E-state index in [-0.39, 0.29) is 22.7 Å². The zero-order valence-electron chi connectivity index (χ0n) is 12.5. The first-order chi connectivity index (χ1) is 11.9. The molecule has 0 radical (unpaired) electrons. The van der Waals surface area contributed by atoms with Crippen LogP contribution in [0.15, 0.2) is 21.6 Å². The van der Waals surface area contributed by atoms with Crippen molar-refractivity contribution in [2.45, 2.75) is 21.7 Å². The summed E-state index contributed by atoms with van der Waals surface area (Å²) < 4.78 is 0. The van der Waals surface area contributed by atoms with Crippen molar-refractivity contribution in [2.24, 2.45) is 5.73 Å². The summed E-state index contributed by atoms with van der Waals surface area (Å²) in [5, 5.41) is 25.1. The Morgan fingerprint density at radius 2 is 2.16 bits per heavy atom. The van der Waals surface area contributed by atoms with Crippen LogP contribution in [0, 0.1) is 0 Å². The molecule has 5 N–H and O–H groups in total. The minimum Gasteiger partial charge on any atom is -0.481 e. The third-order valence-corrected chi connectivity index (χ3v) is 6.58. The monoisotopic (exact) mass is 403 g/mol. The van der Waals surface area contributed by atoms with Gasteiger partial charge in [-0.2, -0.15) is 4.98 Å². The number of nitrogens with zero attached hydrogens (tertiary/aromatic N) is 3. The molecule has 0 saturated carbocycles. The Hall–Kier alpha value is -1.70. The molecule has 0 spiro atoms. The normalized spacial score (nSPS) is 22.6. The molecule has 13 heteroatoms. The second kappa shape index (κ2) is 7.27. The summed E-state index contributed by atoms with van der Waals surface area (Å²) in [6, 6.07) is -0.657. The standard InChI is InChI=1S/C12H13N5O5S3/c13-6-8(20)17-7(10(21)22)4(1-23-9(6)17)2-24-11-14-12(16-15-11)25-3-5(18)19/h6,9H,1-3,13H2,(H,18,19)(H,21,22)(H,14,15,16)/t6?,9-/m1/s1. The SMILES string of the molecule is NC1C(=O)N2C(C(=O)O)=C(CSc3n[nH]c(SCC(=O)O)n3)CS[C@H]12. The van der Waals surface area contributed by atoms with Crippen LogP contribution in [0.2, 0.25) is 0 Å². The number of hydrogen-bond donors (Lipinski definition) is 4. The first-order valence-corrected chi connectivity index (χ1v) is 9.96. The molecule has 3 rings (SSSR count). The number of aromatic nitrogens is 3. The van der Waals surface area contributed by atoms with Crippen molar-refractivity contribution in [3.8, 4) is 0 Å².